The van der Waals surface area contributed by atoms with Crippen LogP contribution in [0.5, 0.6) is 0 Å². The maximum Gasteiger partial charge on any atom is 0.408 e. The monoisotopic (exact) mass is 219 g/mol. The summed E-state index contributed by atoms with van der Waals surface area (Å²) >= 11 is 0. The zero-order chi connectivity index (χ0) is 12.3. The molecular formula is C9H17NO5. The molecule has 0 aliphatic rings. The Morgan fingerprint density at radius 3 is 2.00 bits per heavy atom. The van der Waals surface area contributed by atoms with Crippen molar-refractivity contribution in [2.75, 3.05) is 6.61 Å². The van der Waals surface area contributed by atoms with Crippen molar-refractivity contribution in [1.82, 2.24) is 5.32 Å². The number of hydrogen-bond acceptors (Lipinski definition) is 4. The number of amides is 1. The van der Waals surface area contributed by atoms with Gasteiger partial charge in [0.25, 0.3) is 0 Å². The smallest absolute Gasteiger partial charge is 0.408 e. The summed E-state index contributed by atoms with van der Waals surface area (Å²) in [6.07, 6.45) is -0.874. The minimum atomic E-state index is -1.72. The highest BCUT2D eigenvalue weighted by Crippen LogP contribution is 2.09. The summed E-state index contributed by atoms with van der Waals surface area (Å²) in [6, 6.07) is 0. The standard InChI is InChI=1S/C9H17NO5/c1-8(2,3)15-7(14)10-9(4,5-11)6(12)13/h11H,5H2,1-4H3,(H,10,14)(H,12,13). The second-order valence-electron chi connectivity index (χ2n) is 4.42. The lowest BCUT2D eigenvalue weighted by Gasteiger charge is -2.26. The van der Waals surface area contributed by atoms with Crippen LogP contribution in [0.2, 0.25) is 0 Å². The molecule has 1 atom stereocenters. The molecule has 0 aromatic rings. The molecule has 0 bridgehead atoms. The van der Waals surface area contributed by atoms with Gasteiger partial charge in [-0.25, -0.2) is 9.59 Å². The molecule has 0 aromatic heterocycles. The number of nitrogens with one attached hydrogen (secondary N) is 1. The number of alkyl carbamates (subject to hydrolysis) is 1. The van der Waals surface area contributed by atoms with Crippen molar-refractivity contribution in [2.24, 2.45) is 0 Å². The Balaban J connectivity index is 4.45. The van der Waals surface area contributed by atoms with Gasteiger partial charge < -0.3 is 20.3 Å². The maximum absolute atomic E-state index is 11.2. The second kappa shape index (κ2) is 4.48. The molecule has 3 N–H and O–H groups in total. The lowest BCUT2D eigenvalue weighted by Crippen LogP contribution is -2.55. The van der Waals surface area contributed by atoms with Crippen LogP contribution in [0, 0.1) is 0 Å². The topological polar surface area (TPSA) is 95.9 Å². The molecule has 0 aliphatic heterocycles. The summed E-state index contributed by atoms with van der Waals surface area (Å²) in [6.45, 7) is 5.46. The third-order valence-corrected chi connectivity index (χ3v) is 1.57. The van der Waals surface area contributed by atoms with Gasteiger partial charge in [-0.2, -0.15) is 0 Å². The van der Waals surface area contributed by atoms with Crippen LogP contribution in [0.15, 0.2) is 0 Å². The minimum Gasteiger partial charge on any atom is -0.479 e. The Kier molecular flexibility index (Phi) is 4.09. The van der Waals surface area contributed by atoms with Crippen LogP contribution in [0.25, 0.3) is 0 Å². The van der Waals surface area contributed by atoms with E-state index in [4.69, 9.17) is 14.9 Å². The van der Waals surface area contributed by atoms with E-state index in [1.54, 1.807) is 20.8 Å². The summed E-state index contributed by atoms with van der Waals surface area (Å²) < 4.78 is 4.86. The highest BCUT2D eigenvalue weighted by atomic mass is 16.6. The molecule has 88 valence electrons. The summed E-state index contributed by atoms with van der Waals surface area (Å²) in [4.78, 5) is 22.0. The van der Waals surface area contributed by atoms with Gasteiger partial charge in [0.05, 0.1) is 6.61 Å². The molecule has 1 amide bonds. The number of aliphatic hydroxyl groups is 1. The van der Waals surface area contributed by atoms with E-state index in [0.717, 1.165) is 0 Å². The quantitative estimate of drug-likeness (QED) is 0.636. The Morgan fingerprint density at radius 2 is 1.73 bits per heavy atom. The molecule has 15 heavy (non-hydrogen) atoms. The van der Waals surface area contributed by atoms with Crippen LogP contribution < -0.4 is 5.32 Å². The van der Waals surface area contributed by atoms with Crippen molar-refractivity contribution >= 4 is 12.1 Å². The predicted octanol–water partition coefficient (Wildman–Crippen LogP) is 0.347. The molecule has 0 aliphatic carbocycles. The molecule has 1 unspecified atom stereocenters. The van der Waals surface area contributed by atoms with Crippen LogP contribution in [-0.4, -0.2) is 40.0 Å². The molecule has 0 radical (unpaired) electrons. The van der Waals surface area contributed by atoms with Gasteiger partial charge in [0.15, 0.2) is 5.54 Å². The predicted molar refractivity (Wildman–Crippen MR) is 52.5 cm³/mol. The van der Waals surface area contributed by atoms with E-state index < -0.39 is 29.8 Å². The van der Waals surface area contributed by atoms with Gasteiger partial charge >= 0.3 is 12.1 Å². The van der Waals surface area contributed by atoms with Crippen LogP contribution in [-0.2, 0) is 9.53 Å². The maximum atomic E-state index is 11.2. The van der Waals surface area contributed by atoms with Crippen molar-refractivity contribution in [2.45, 2.75) is 38.8 Å². The van der Waals surface area contributed by atoms with Crippen molar-refractivity contribution in [1.29, 1.82) is 0 Å². The zero-order valence-corrected chi connectivity index (χ0v) is 9.33. The number of aliphatic carboxylic acids is 1. The number of carbonyl (C=O) groups excluding carboxylic acids is 1. The molecule has 0 spiro atoms. The van der Waals surface area contributed by atoms with Gasteiger partial charge in [-0.1, -0.05) is 0 Å². The van der Waals surface area contributed by atoms with Gasteiger partial charge in [0.1, 0.15) is 5.60 Å². The van der Waals surface area contributed by atoms with E-state index in [9.17, 15) is 9.59 Å². The van der Waals surface area contributed by atoms with Gasteiger partial charge in [-0.15, -0.1) is 0 Å². The SMILES string of the molecule is CC(C)(C)OC(=O)NC(C)(CO)C(=O)O. The highest BCUT2D eigenvalue weighted by Gasteiger charge is 2.35. The van der Waals surface area contributed by atoms with E-state index in [0.29, 0.717) is 0 Å². The lowest BCUT2D eigenvalue weighted by atomic mass is 10.1. The first-order valence-electron chi connectivity index (χ1n) is 4.46. The van der Waals surface area contributed by atoms with Crippen molar-refractivity contribution in [3.8, 4) is 0 Å². The van der Waals surface area contributed by atoms with E-state index in [2.05, 4.69) is 5.32 Å². The van der Waals surface area contributed by atoms with Gasteiger partial charge in [0, 0.05) is 0 Å². The Hall–Kier alpha value is -1.30. The summed E-state index contributed by atoms with van der Waals surface area (Å²) in [5.41, 5.74) is -2.43. The first-order chi connectivity index (χ1) is 6.60. The first kappa shape index (κ1) is 13.7. The molecule has 6 heteroatoms. The number of ether oxygens (including phenoxy) is 1. The number of hydrogen-bond donors (Lipinski definition) is 3. The van der Waals surface area contributed by atoms with E-state index in [1.807, 2.05) is 0 Å². The number of aliphatic hydroxyl groups excluding tert-OH is 1. The molecule has 6 nitrogen and oxygen atoms in total. The molecule has 0 rings (SSSR count). The number of rotatable bonds is 3. The third-order valence-electron chi connectivity index (χ3n) is 1.57. The summed E-state index contributed by atoms with van der Waals surface area (Å²) in [5, 5.41) is 19.7. The molecule has 0 heterocycles. The number of carboxylic acid groups (broad SMARTS) is 1. The molecule has 0 fully saturated rings. The molecule has 0 saturated heterocycles. The zero-order valence-electron chi connectivity index (χ0n) is 9.33. The van der Waals surface area contributed by atoms with Crippen LogP contribution in [0.4, 0.5) is 4.79 Å². The van der Waals surface area contributed by atoms with E-state index in [1.165, 1.54) is 6.92 Å². The van der Waals surface area contributed by atoms with Crippen LogP contribution in [0.3, 0.4) is 0 Å². The summed E-state index contributed by atoms with van der Waals surface area (Å²) in [7, 11) is 0. The Labute approximate surface area is 88.2 Å². The fraction of sp³-hybridized carbons (Fsp3) is 0.778. The average molecular weight is 219 g/mol. The van der Waals surface area contributed by atoms with Gasteiger partial charge in [-0.3, -0.25) is 0 Å². The van der Waals surface area contributed by atoms with Gasteiger partial charge in [-0.05, 0) is 27.7 Å². The molecule has 0 saturated carbocycles. The highest BCUT2D eigenvalue weighted by molar-refractivity contribution is 5.84. The fourth-order valence-corrected chi connectivity index (χ4v) is 0.689. The normalized spacial score (nSPS) is 15.3. The fourth-order valence-electron chi connectivity index (χ4n) is 0.689. The van der Waals surface area contributed by atoms with Crippen molar-refractivity contribution < 1.29 is 24.5 Å². The minimum absolute atomic E-state index is 0.707. The second-order valence-corrected chi connectivity index (χ2v) is 4.42. The molecule has 0 aromatic carbocycles. The summed E-state index contributed by atoms with van der Waals surface area (Å²) in [5.74, 6) is -1.32. The molecular weight excluding hydrogens is 202 g/mol. The van der Waals surface area contributed by atoms with Gasteiger partial charge in [0.2, 0.25) is 0 Å². The largest absolute Gasteiger partial charge is 0.479 e. The Morgan fingerprint density at radius 1 is 1.27 bits per heavy atom. The first-order valence-corrected chi connectivity index (χ1v) is 4.46. The van der Waals surface area contributed by atoms with Crippen LogP contribution >= 0.6 is 0 Å². The lowest BCUT2D eigenvalue weighted by molar-refractivity contribution is -0.145. The Bertz CT molecular complexity index is 258. The van der Waals surface area contributed by atoms with E-state index >= 15 is 0 Å². The average Bonchev–Trinajstić information content (AvgIpc) is 1.99. The van der Waals surface area contributed by atoms with Crippen LogP contribution in [0.1, 0.15) is 27.7 Å². The number of carbonyl (C=O) groups is 2. The van der Waals surface area contributed by atoms with Crippen molar-refractivity contribution in [3.63, 3.8) is 0 Å². The number of carboxylic acids is 1. The third kappa shape index (κ3) is 4.64. The van der Waals surface area contributed by atoms with E-state index in [-0.39, 0.29) is 0 Å². The van der Waals surface area contributed by atoms with Crippen molar-refractivity contribution in [3.05, 3.63) is 0 Å².